The molecule has 2 rings (SSSR count). The number of hydrogen-bond acceptors (Lipinski definition) is 2. The van der Waals surface area contributed by atoms with Gasteiger partial charge in [-0.05, 0) is 25.0 Å². The minimum Gasteiger partial charge on any atom is -0.324 e. The second kappa shape index (κ2) is 7.54. The molecule has 4 nitrogen and oxygen atoms in total. The van der Waals surface area contributed by atoms with E-state index in [2.05, 4.69) is 6.07 Å². The second-order valence-electron chi connectivity index (χ2n) is 5.08. The number of carbonyl (C=O) groups is 1. The van der Waals surface area contributed by atoms with Gasteiger partial charge in [0.25, 0.3) is 0 Å². The van der Waals surface area contributed by atoms with E-state index in [9.17, 15) is 4.79 Å². The summed E-state index contributed by atoms with van der Waals surface area (Å²) in [6.07, 6.45) is 4.91. The van der Waals surface area contributed by atoms with Crippen molar-refractivity contribution in [1.29, 1.82) is 5.26 Å². The van der Waals surface area contributed by atoms with Gasteiger partial charge in [0.05, 0.1) is 12.5 Å². The highest BCUT2D eigenvalue weighted by atomic mass is 16.2. The van der Waals surface area contributed by atoms with Crippen molar-refractivity contribution < 1.29 is 4.79 Å². The zero-order valence-corrected chi connectivity index (χ0v) is 11.8. The number of anilines is 1. The fraction of sp³-hybridized carbons (Fsp3) is 0.500. The third kappa shape index (κ3) is 3.74. The van der Waals surface area contributed by atoms with Crippen molar-refractivity contribution in [2.75, 3.05) is 24.5 Å². The molecule has 0 aromatic heterocycles. The van der Waals surface area contributed by atoms with Crippen molar-refractivity contribution in [3.8, 4) is 6.07 Å². The van der Waals surface area contributed by atoms with Crippen molar-refractivity contribution >= 4 is 11.7 Å². The van der Waals surface area contributed by atoms with E-state index in [1.54, 1.807) is 4.90 Å². The Hall–Kier alpha value is -2.02. The summed E-state index contributed by atoms with van der Waals surface area (Å²) in [7, 11) is 0. The molecule has 1 fully saturated rings. The first-order valence-electron chi connectivity index (χ1n) is 7.31. The van der Waals surface area contributed by atoms with Gasteiger partial charge >= 0.3 is 6.03 Å². The lowest BCUT2D eigenvalue weighted by molar-refractivity contribution is 0.206. The van der Waals surface area contributed by atoms with Crippen LogP contribution >= 0.6 is 0 Å². The molecule has 0 radical (unpaired) electrons. The topological polar surface area (TPSA) is 47.3 Å². The van der Waals surface area contributed by atoms with E-state index in [1.807, 2.05) is 35.2 Å². The molecule has 0 atom stereocenters. The van der Waals surface area contributed by atoms with Gasteiger partial charge in [-0.2, -0.15) is 5.26 Å². The summed E-state index contributed by atoms with van der Waals surface area (Å²) in [5.74, 6) is 0. The van der Waals surface area contributed by atoms with Gasteiger partial charge in [0.15, 0.2) is 0 Å². The highest BCUT2D eigenvalue weighted by Gasteiger charge is 2.22. The number of carbonyl (C=O) groups excluding carboxylic acids is 1. The Balaban J connectivity index is 2.13. The van der Waals surface area contributed by atoms with Crippen LogP contribution in [0, 0.1) is 11.3 Å². The van der Waals surface area contributed by atoms with E-state index in [1.165, 1.54) is 12.8 Å². The number of amides is 2. The molecule has 1 aliphatic heterocycles. The summed E-state index contributed by atoms with van der Waals surface area (Å²) in [4.78, 5) is 16.4. The Morgan fingerprint density at radius 3 is 2.40 bits per heavy atom. The predicted octanol–water partition coefficient (Wildman–Crippen LogP) is 3.40. The van der Waals surface area contributed by atoms with Crippen molar-refractivity contribution in [2.45, 2.75) is 32.1 Å². The van der Waals surface area contributed by atoms with E-state index in [4.69, 9.17) is 5.26 Å². The molecule has 1 aromatic carbocycles. The van der Waals surface area contributed by atoms with Gasteiger partial charge in [-0.3, -0.25) is 4.90 Å². The first-order chi connectivity index (χ1) is 9.83. The Morgan fingerprint density at radius 2 is 1.80 bits per heavy atom. The van der Waals surface area contributed by atoms with Crippen LogP contribution in [-0.4, -0.2) is 30.6 Å². The Bertz CT molecular complexity index is 458. The molecule has 4 heteroatoms. The van der Waals surface area contributed by atoms with Crippen LogP contribution in [-0.2, 0) is 0 Å². The van der Waals surface area contributed by atoms with Gasteiger partial charge < -0.3 is 4.90 Å². The molecule has 1 aliphatic rings. The highest BCUT2D eigenvalue weighted by molar-refractivity contribution is 5.92. The highest BCUT2D eigenvalue weighted by Crippen LogP contribution is 2.18. The van der Waals surface area contributed by atoms with Crippen LogP contribution < -0.4 is 4.90 Å². The lowest BCUT2D eigenvalue weighted by atomic mass is 10.2. The van der Waals surface area contributed by atoms with Crippen molar-refractivity contribution in [3.63, 3.8) is 0 Å². The lowest BCUT2D eigenvalue weighted by Crippen LogP contribution is -2.44. The van der Waals surface area contributed by atoms with Gasteiger partial charge in [-0.15, -0.1) is 0 Å². The maximum Gasteiger partial charge on any atom is 0.324 e. The summed E-state index contributed by atoms with van der Waals surface area (Å²) < 4.78 is 0. The molecule has 0 N–H and O–H groups in total. The van der Waals surface area contributed by atoms with Crippen molar-refractivity contribution in [2.24, 2.45) is 0 Å². The molecular weight excluding hydrogens is 250 g/mol. The number of nitrogens with zero attached hydrogens (tertiary/aromatic N) is 3. The zero-order chi connectivity index (χ0) is 14.2. The largest absolute Gasteiger partial charge is 0.324 e. The molecular formula is C16H21N3O. The molecule has 0 spiro atoms. The molecule has 1 aromatic rings. The van der Waals surface area contributed by atoms with Crippen LogP contribution in [0.3, 0.4) is 0 Å². The Kier molecular flexibility index (Phi) is 5.43. The fourth-order valence-electron chi connectivity index (χ4n) is 2.54. The standard InChI is InChI=1S/C16H21N3O/c17-11-8-14-19(15-9-4-3-5-10-15)16(20)18-12-6-1-2-7-13-18/h3-5,9-10H,1-2,6-8,12-14H2. The number of nitriles is 1. The summed E-state index contributed by atoms with van der Waals surface area (Å²) >= 11 is 0. The van der Waals surface area contributed by atoms with Crippen LogP contribution in [0.15, 0.2) is 30.3 Å². The quantitative estimate of drug-likeness (QED) is 0.846. The minimum absolute atomic E-state index is 0.0355. The van der Waals surface area contributed by atoms with Gasteiger partial charge in [0.2, 0.25) is 0 Å². The summed E-state index contributed by atoms with van der Waals surface area (Å²) in [5.41, 5.74) is 0.872. The molecule has 2 amide bonds. The van der Waals surface area contributed by atoms with Crippen molar-refractivity contribution in [1.82, 2.24) is 4.90 Å². The van der Waals surface area contributed by atoms with Gasteiger partial charge in [0, 0.05) is 25.3 Å². The van der Waals surface area contributed by atoms with E-state index in [0.717, 1.165) is 31.6 Å². The molecule has 1 heterocycles. The number of likely N-dealkylation sites (tertiary alicyclic amines) is 1. The summed E-state index contributed by atoms with van der Waals surface area (Å²) in [6.45, 7) is 2.11. The summed E-state index contributed by atoms with van der Waals surface area (Å²) in [5, 5.41) is 8.80. The maximum atomic E-state index is 12.7. The Morgan fingerprint density at radius 1 is 1.15 bits per heavy atom. The first-order valence-corrected chi connectivity index (χ1v) is 7.31. The average Bonchev–Trinajstić information content (AvgIpc) is 2.77. The fourth-order valence-corrected chi connectivity index (χ4v) is 2.54. The predicted molar refractivity (Wildman–Crippen MR) is 79.5 cm³/mol. The van der Waals surface area contributed by atoms with Crippen molar-refractivity contribution in [3.05, 3.63) is 30.3 Å². The molecule has 0 saturated carbocycles. The van der Waals surface area contributed by atoms with E-state index >= 15 is 0 Å². The molecule has 0 unspecified atom stereocenters. The number of urea groups is 1. The van der Waals surface area contributed by atoms with Gasteiger partial charge in [-0.25, -0.2) is 4.79 Å². The van der Waals surface area contributed by atoms with E-state index < -0.39 is 0 Å². The zero-order valence-electron chi connectivity index (χ0n) is 11.8. The average molecular weight is 271 g/mol. The number of para-hydroxylation sites is 1. The van der Waals surface area contributed by atoms with Crippen LogP contribution in [0.2, 0.25) is 0 Å². The van der Waals surface area contributed by atoms with E-state index in [0.29, 0.717) is 13.0 Å². The number of benzene rings is 1. The molecule has 106 valence electrons. The van der Waals surface area contributed by atoms with Gasteiger partial charge in [0.1, 0.15) is 0 Å². The lowest BCUT2D eigenvalue weighted by Gasteiger charge is -2.29. The van der Waals surface area contributed by atoms with Crippen LogP contribution in [0.5, 0.6) is 0 Å². The molecule has 0 aliphatic carbocycles. The van der Waals surface area contributed by atoms with E-state index in [-0.39, 0.29) is 6.03 Å². The first kappa shape index (κ1) is 14.4. The molecule has 20 heavy (non-hydrogen) atoms. The maximum absolute atomic E-state index is 12.7. The third-order valence-corrected chi connectivity index (χ3v) is 3.62. The van der Waals surface area contributed by atoms with Gasteiger partial charge in [-0.1, -0.05) is 31.0 Å². The second-order valence-corrected chi connectivity index (χ2v) is 5.08. The Labute approximate surface area is 120 Å². The normalized spacial score (nSPS) is 15.2. The minimum atomic E-state index is 0.0355. The monoisotopic (exact) mass is 271 g/mol. The number of rotatable bonds is 3. The summed E-state index contributed by atoms with van der Waals surface area (Å²) in [6, 6.07) is 11.8. The molecule has 1 saturated heterocycles. The SMILES string of the molecule is N#CCCN(C(=O)N1CCCCCC1)c1ccccc1. The number of hydrogen-bond donors (Lipinski definition) is 0. The molecule has 0 bridgehead atoms. The van der Waals surface area contributed by atoms with Crippen LogP contribution in [0.4, 0.5) is 10.5 Å². The van der Waals surface area contributed by atoms with Crippen LogP contribution in [0.25, 0.3) is 0 Å². The third-order valence-electron chi connectivity index (χ3n) is 3.62. The smallest absolute Gasteiger partial charge is 0.324 e. The van der Waals surface area contributed by atoms with Crippen LogP contribution in [0.1, 0.15) is 32.1 Å².